The molecule has 2 aliphatic heterocycles. The number of aliphatic imine (C=N–C) groups is 1. The fourth-order valence-electron chi connectivity index (χ4n) is 4.18. The van der Waals surface area contributed by atoms with Crippen LogP contribution < -0.4 is 10.6 Å². The molecule has 0 bridgehead atoms. The molecule has 4 rings (SSSR count). The molecule has 1 saturated carbocycles. The SMILES string of the molecule is CN=C(NCc1cccc(NC(=O)C2CCC2)c1)N1CCOC(C2CCCO2)C1.I. The first-order chi connectivity index (χ1) is 14.2. The monoisotopic (exact) mass is 528 g/mol. The van der Waals surface area contributed by atoms with Crippen LogP contribution in [0.1, 0.15) is 37.7 Å². The smallest absolute Gasteiger partial charge is 0.227 e. The van der Waals surface area contributed by atoms with Gasteiger partial charge in [0.1, 0.15) is 6.10 Å². The van der Waals surface area contributed by atoms with Gasteiger partial charge >= 0.3 is 0 Å². The molecule has 2 unspecified atom stereocenters. The topological polar surface area (TPSA) is 75.2 Å². The minimum absolute atomic E-state index is 0. The minimum Gasteiger partial charge on any atom is -0.375 e. The summed E-state index contributed by atoms with van der Waals surface area (Å²) < 4.78 is 11.8. The van der Waals surface area contributed by atoms with E-state index >= 15 is 0 Å². The summed E-state index contributed by atoms with van der Waals surface area (Å²) in [4.78, 5) is 18.9. The maximum Gasteiger partial charge on any atom is 0.227 e. The number of amides is 1. The molecule has 166 valence electrons. The lowest BCUT2D eigenvalue weighted by atomic mass is 9.85. The number of nitrogens with one attached hydrogen (secondary N) is 2. The normalized spacial score (nSPS) is 24.7. The van der Waals surface area contributed by atoms with E-state index in [0.29, 0.717) is 13.2 Å². The van der Waals surface area contributed by atoms with Gasteiger partial charge in [0.05, 0.1) is 12.7 Å². The van der Waals surface area contributed by atoms with Crippen LogP contribution in [-0.4, -0.2) is 62.3 Å². The molecule has 7 nitrogen and oxygen atoms in total. The summed E-state index contributed by atoms with van der Waals surface area (Å²) in [7, 11) is 1.81. The van der Waals surface area contributed by atoms with E-state index in [-0.39, 0.29) is 48.0 Å². The van der Waals surface area contributed by atoms with E-state index in [2.05, 4.69) is 26.6 Å². The van der Waals surface area contributed by atoms with Crippen LogP contribution in [0.5, 0.6) is 0 Å². The van der Waals surface area contributed by atoms with Crippen molar-refractivity contribution >= 4 is 41.5 Å². The predicted molar refractivity (Wildman–Crippen MR) is 128 cm³/mol. The molecule has 30 heavy (non-hydrogen) atoms. The van der Waals surface area contributed by atoms with E-state index in [4.69, 9.17) is 9.47 Å². The number of carbonyl (C=O) groups is 1. The Kier molecular flexibility index (Phi) is 8.76. The largest absolute Gasteiger partial charge is 0.375 e. The predicted octanol–water partition coefficient (Wildman–Crippen LogP) is 3.00. The lowest BCUT2D eigenvalue weighted by Crippen LogP contribution is -2.53. The van der Waals surface area contributed by atoms with Crippen LogP contribution >= 0.6 is 24.0 Å². The average molecular weight is 528 g/mol. The summed E-state index contributed by atoms with van der Waals surface area (Å²) >= 11 is 0. The Morgan fingerprint density at radius 1 is 1.17 bits per heavy atom. The summed E-state index contributed by atoms with van der Waals surface area (Å²) in [6.45, 7) is 3.79. The second kappa shape index (κ2) is 11.3. The molecule has 3 aliphatic rings. The van der Waals surface area contributed by atoms with Crippen molar-refractivity contribution in [2.45, 2.75) is 50.9 Å². The second-order valence-corrected chi connectivity index (χ2v) is 8.12. The van der Waals surface area contributed by atoms with E-state index in [0.717, 1.165) is 69.0 Å². The van der Waals surface area contributed by atoms with Gasteiger partial charge in [-0.1, -0.05) is 18.6 Å². The van der Waals surface area contributed by atoms with E-state index in [1.807, 2.05) is 25.2 Å². The van der Waals surface area contributed by atoms with Crippen LogP contribution in [0.2, 0.25) is 0 Å². The molecule has 1 aromatic rings. The number of benzene rings is 1. The lowest BCUT2D eigenvalue weighted by molar-refractivity contribution is -0.122. The summed E-state index contributed by atoms with van der Waals surface area (Å²) in [5, 5.41) is 6.51. The van der Waals surface area contributed by atoms with Crippen LogP contribution in [0, 0.1) is 5.92 Å². The highest BCUT2D eigenvalue weighted by atomic mass is 127. The van der Waals surface area contributed by atoms with Crippen molar-refractivity contribution < 1.29 is 14.3 Å². The Morgan fingerprint density at radius 3 is 2.70 bits per heavy atom. The van der Waals surface area contributed by atoms with Crippen LogP contribution in [0.3, 0.4) is 0 Å². The first kappa shape index (κ1) is 23.3. The molecular weight excluding hydrogens is 495 g/mol. The number of nitrogens with zero attached hydrogens (tertiary/aromatic N) is 2. The highest BCUT2D eigenvalue weighted by Crippen LogP contribution is 2.27. The van der Waals surface area contributed by atoms with Gasteiger partial charge < -0.3 is 25.0 Å². The third-order valence-corrected chi connectivity index (χ3v) is 6.11. The van der Waals surface area contributed by atoms with E-state index in [9.17, 15) is 4.79 Å². The van der Waals surface area contributed by atoms with Crippen molar-refractivity contribution in [3.63, 3.8) is 0 Å². The van der Waals surface area contributed by atoms with Gasteiger partial charge in [0, 0.05) is 44.9 Å². The standard InChI is InChI=1S/C22H32N4O3.HI/c1-23-22(26-10-12-29-20(15-26)19-9-4-11-28-19)24-14-16-5-2-8-18(13-16)25-21(27)17-6-3-7-17;/h2,5,8,13,17,19-20H,3-4,6-7,9-12,14-15H2,1H3,(H,23,24)(H,25,27);1H. The first-order valence-electron chi connectivity index (χ1n) is 10.8. The number of hydrogen-bond acceptors (Lipinski definition) is 4. The zero-order chi connectivity index (χ0) is 20.1. The van der Waals surface area contributed by atoms with Crippen molar-refractivity contribution in [1.82, 2.24) is 10.2 Å². The molecule has 0 radical (unpaired) electrons. The molecule has 2 N–H and O–H groups in total. The number of hydrogen-bond donors (Lipinski definition) is 2. The summed E-state index contributed by atoms with van der Waals surface area (Å²) in [6, 6.07) is 8.03. The van der Waals surface area contributed by atoms with Gasteiger partial charge in [-0.15, -0.1) is 24.0 Å². The summed E-state index contributed by atoms with van der Waals surface area (Å²) in [5.74, 6) is 1.21. The highest BCUT2D eigenvalue weighted by molar-refractivity contribution is 14.0. The quantitative estimate of drug-likeness (QED) is 0.349. The van der Waals surface area contributed by atoms with Gasteiger partial charge in [0.25, 0.3) is 0 Å². The Bertz CT molecular complexity index is 735. The molecule has 8 heteroatoms. The number of carbonyl (C=O) groups excluding carboxylic acids is 1. The third-order valence-electron chi connectivity index (χ3n) is 6.11. The van der Waals surface area contributed by atoms with Gasteiger partial charge in [-0.05, 0) is 43.4 Å². The Hall–Kier alpha value is -1.39. The molecule has 1 amide bonds. The van der Waals surface area contributed by atoms with Crippen LogP contribution in [0.25, 0.3) is 0 Å². The molecule has 1 aliphatic carbocycles. The van der Waals surface area contributed by atoms with Gasteiger partial charge in [-0.3, -0.25) is 9.79 Å². The average Bonchev–Trinajstić information content (AvgIpc) is 3.22. The second-order valence-electron chi connectivity index (χ2n) is 8.12. The maximum atomic E-state index is 12.2. The zero-order valence-corrected chi connectivity index (χ0v) is 20.0. The highest BCUT2D eigenvalue weighted by Gasteiger charge is 2.32. The molecule has 0 aromatic heterocycles. The van der Waals surface area contributed by atoms with Crippen molar-refractivity contribution in [2.75, 3.05) is 38.7 Å². The number of rotatable bonds is 5. The zero-order valence-electron chi connectivity index (χ0n) is 17.6. The number of anilines is 1. The van der Waals surface area contributed by atoms with E-state index in [1.165, 1.54) is 0 Å². The van der Waals surface area contributed by atoms with Gasteiger partial charge in [-0.2, -0.15) is 0 Å². The fourth-order valence-corrected chi connectivity index (χ4v) is 4.18. The van der Waals surface area contributed by atoms with Crippen molar-refractivity contribution in [1.29, 1.82) is 0 Å². The van der Waals surface area contributed by atoms with Crippen LogP contribution in [-0.2, 0) is 20.8 Å². The number of ether oxygens (including phenoxy) is 2. The third kappa shape index (κ3) is 5.85. The maximum absolute atomic E-state index is 12.2. The van der Waals surface area contributed by atoms with Gasteiger partial charge in [0.15, 0.2) is 5.96 Å². The minimum atomic E-state index is 0. The molecule has 2 heterocycles. The fraction of sp³-hybridized carbons (Fsp3) is 0.636. The molecule has 2 saturated heterocycles. The lowest BCUT2D eigenvalue weighted by Gasteiger charge is -2.37. The summed E-state index contributed by atoms with van der Waals surface area (Å²) in [5.41, 5.74) is 1.97. The number of guanidine groups is 1. The van der Waals surface area contributed by atoms with Crippen molar-refractivity contribution in [3.8, 4) is 0 Å². The van der Waals surface area contributed by atoms with Crippen molar-refractivity contribution in [2.24, 2.45) is 10.9 Å². The number of halogens is 1. The molecule has 3 fully saturated rings. The van der Waals surface area contributed by atoms with E-state index < -0.39 is 0 Å². The van der Waals surface area contributed by atoms with Crippen molar-refractivity contribution in [3.05, 3.63) is 29.8 Å². The Labute approximate surface area is 196 Å². The molecule has 1 aromatic carbocycles. The van der Waals surface area contributed by atoms with Gasteiger partial charge in [0.2, 0.25) is 5.91 Å². The van der Waals surface area contributed by atoms with Crippen LogP contribution in [0.15, 0.2) is 29.3 Å². The molecule has 0 spiro atoms. The number of morpholine rings is 1. The molecule has 2 atom stereocenters. The van der Waals surface area contributed by atoms with Gasteiger partial charge in [-0.25, -0.2) is 0 Å². The first-order valence-corrected chi connectivity index (χ1v) is 10.8. The Balaban J connectivity index is 0.00000256. The van der Waals surface area contributed by atoms with Crippen LogP contribution in [0.4, 0.5) is 5.69 Å². The Morgan fingerprint density at radius 2 is 2.00 bits per heavy atom. The van der Waals surface area contributed by atoms with E-state index in [1.54, 1.807) is 0 Å². The molecular formula is C22H33IN4O3. The summed E-state index contributed by atoms with van der Waals surface area (Å²) in [6.07, 6.45) is 5.68.